The van der Waals surface area contributed by atoms with E-state index in [2.05, 4.69) is 200 Å². The molecule has 12 rings (SSSR count). The summed E-state index contributed by atoms with van der Waals surface area (Å²) < 4.78 is 2.56. The molecule has 2 aliphatic carbocycles. The molecule has 9 aromatic carbocycles. The van der Waals surface area contributed by atoms with Gasteiger partial charge in [0.25, 0.3) is 0 Å². The summed E-state index contributed by atoms with van der Waals surface area (Å²) in [5.41, 5.74) is 12.9. The third kappa shape index (κ3) is 4.31. The standard InChI is InChI=1S/C55H39N/c1-55(2)49-31-36(39-25-14-18-34-17-6-7-19-38(34)39)27-29-42(49)43-30-28-37(32-50(43)55)56-51-26-13-12-24-46(51)53-52-44-22-10-8-20-40(44)47(35-15-4-3-5-16-35)33-48(52)41-21-9-11-23-45(41)54(53)56/h3-15,17-33,35H,16H2,1-2H3. The van der Waals surface area contributed by atoms with Gasteiger partial charge in [0.05, 0.1) is 11.0 Å². The van der Waals surface area contributed by atoms with E-state index in [0.717, 1.165) is 6.42 Å². The Morgan fingerprint density at radius 1 is 0.500 bits per heavy atom. The average Bonchev–Trinajstić information content (AvgIpc) is 3.72. The van der Waals surface area contributed by atoms with Gasteiger partial charge in [-0.05, 0) is 108 Å². The minimum Gasteiger partial charge on any atom is -0.309 e. The van der Waals surface area contributed by atoms with E-state index >= 15 is 0 Å². The lowest BCUT2D eigenvalue weighted by molar-refractivity contribution is 0.660. The second-order valence-corrected chi connectivity index (χ2v) is 16.4. The minimum atomic E-state index is -0.176. The number of para-hydroxylation sites is 1. The Bertz CT molecular complexity index is 3360. The van der Waals surface area contributed by atoms with E-state index in [1.807, 2.05) is 0 Å². The third-order valence-corrected chi connectivity index (χ3v) is 13.1. The maximum absolute atomic E-state index is 2.56. The van der Waals surface area contributed by atoms with Gasteiger partial charge in [-0.15, -0.1) is 0 Å². The van der Waals surface area contributed by atoms with Crippen molar-refractivity contribution in [2.75, 3.05) is 0 Å². The molecule has 0 N–H and O–H groups in total. The Balaban J connectivity index is 1.12. The third-order valence-electron chi connectivity index (χ3n) is 13.1. The molecule has 10 aromatic rings. The van der Waals surface area contributed by atoms with Gasteiger partial charge in [0.15, 0.2) is 0 Å². The number of allylic oxidation sites excluding steroid dienone is 4. The topological polar surface area (TPSA) is 4.93 Å². The van der Waals surface area contributed by atoms with Crippen LogP contribution in [0.5, 0.6) is 0 Å². The van der Waals surface area contributed by atoms with Crippen molar-refractivity contribution in [3.63, 3.8) is 0 Å². The quantitative estimate of drug-likeness (QED) is 0.161. The summed E-state index contributed by atoms with van der Waals surface area (Å²) in [6.07, 6.45) is 10.1. The molecule has 0 amide bonds. The van der Waals surface area contributed by atoms with Gasteiger partial charge in [0.2, 0.25) is 0 Å². The second kappa shape index (κ2) is 11.7. The molecule has 2 aliphatic rings. The van der Waals surface area contributed by atoms with Crippen LogP contribution in [0.4, 0.5) is 0 Å². The van der Waals surface area contributed by atoms with Crippen molar-refractivity contribution in [2.45, 2.75) is 31.6 Å². The largest absolute Gasteiger partial charge is 0.309 e. The molecular formula is C55H39N. The molecule has 0 fully saturated rings. The first kappa shape index (κ1) is 31.6. The zero-order valence-electron chi connectivity index (χ0n) is 31.6. The summed E-state index contributed by atoms with van der Waals surface area (Å²) in [6.45, 7) is 4.81. The number of aromatic nitrogens is 1. The Kier molecular flexibility index (Phi) is 6.58. The van der Waals surface area contributed by atoms with Crippen molar-refractivity contribution in [1.82, 2.24) is 4.57 Å². The second-order valence-electron chi connectivity index (χ2n) is 16.4. The fourth-order valence-corrected chi connectivity index (χ4v) is 10.5. The van der Waals surface area contributed by atoms with E-state index in [-0.39, 0.29) is 5.41 Å². The van der Waals surface area contributed by atoms with Crippen LogP contribution in [0.15, 0.2) is 182 Å². The van der Waals surface area contributed by atoms with Gasteiger partial charge < -0.3 is 4.57 Å². The number of hydrogen-bond acceptors (Lipinski definition) is 0. The van der Waals surface area contributed by atoms with Gasteiger partial charge in [-0.3, -0.25) is 0 Å². The van der Waals surface area contributed by atoms with Crippen LogP contribution in [0, 0.1) is 0 Å². The van der Waals surface area contributed by atoms with E-state index in [1.54, 1.807) is 0 Å². The van der Waals surface area contributed by atoms with Crippen LogP contribution >= 0.6 is 0 Å². The Morgan fingerprint density at radius 3 is 2.00 bits per heavy atom. The minimum absolute atomic E-state index is 0.176. The van der Waals surface area contributed by atoms with Gasteiger partial charge in [0, 0.05) is 38.6 Å². The molecule has 1 heteroatoms. The molecule has 1 aromatic heterocycles. The highest BCUT2D eigenvalue weighted by atomic mass is 15.0. The molecular weight excluding hydrogens is 675 g/mol. The maximum atomic E-state index is 2.56. The van der Waals surface area contributed by atoms with Crippen LogP contribution in [-0.4, -0.2) is 4.57 Å². The first-order valence-corrected chi connectivity index (χ1v) is 20.0. The van der Waals surface area contributed by atoms with Crippen molar-refractivity contribution in [3.8, 4) is 27.9 Å². The molecule has 1 heterocycles. The summed E-state index contributed by atoms with van der Waals surface area (Å²) >= 11 is 0. The molecule has 56 heavy (non-hydrogen) atoms. The summed E-state index contributed by atoms with van der Waals surface area (Å²) in [5, 5.41) is 13.1. The first-order chi connectivity index (χ1) is 27.6. The Labute approximate surface area is 326 Å². The zero-order chi connectivity index (χ0) is 37.1. The molecule has 1 atom stereocenters. The van der Waals surface area contributed by atoms with Crippen LogP contribution in [0.3, 0.4) is 0 Å². The van der Waals surface area contributed by atoms with Gasteiger partial charge in [-0.1, -0.05) is 166 Å². The van der Waals surface area contributed by atoms with Crippen LogP contribution in [0.1, 0.15) is 42.9 Å². The summed E-state index contributed by atoms with van der Waals surface area (Å²) in [4.78, 5) is 0. The maximum Gasteiger partial charge on any atom is 0.0626 e. The lowest BCUT2D eigenvalue weighted by Crippen LogP contribution is -2.15. The Hall–Kier alpha value is -6.70. The highest BCUT2D eigenvalue weighted by Gasteiger charge is 2.36. The SMILES string of the molecule is CC1(C)c2cc(-c3cccc4ccccc34)ccc2-c2ccc(-n3c4ccccc4c4c5c6ccccc6c(C6C=CC=CC6)cc5c5ccccc5c43)cc21. The molecule has 0 radical (unpaired) electrons. The molecule has 0 spiro atoms. The lowest BCUT2D eigenvalue weighted by Gasteiger charge is -2.23. The van der Waals surface area contributed by atoms with Gasteiger partial charge in [0.1, 0.15) is 0 Å². The number of nitrogens with zero attached hydrogens (tertiary/aromatic N) is 1. The van der Waals surface area contributed by atoms with E-state index in [1.165, 1.54) is 110 Å². The van der Waals surface area contributed by atoms with Gasteiger partial charge in [-0.25, -0.2) is 0 Å². The smallest absolute Gasteiger partial charge is 0.0626 e. The summed E-state index contributed by atoms with van der Waals surface area (Å²) in [6, 6.07) is 59.5. The number of benzene rings is 9. The van der Waals surface area contributed by atoms with E-state index in [9.17, 15) is 0 Å². The highest BCUT2D eigenvalue weighted by molar-refractivity contribution is 6.37. The molecule has 1 nitrogen and oxygen atoms in total. The molecule has 0 saturated carbocycles. The first-order valence-electron chi connectivity index (χ1n) is 20.0. The van der Waals surface area contributed by atoms with Crippen LogP contribution in [-0.2, 0) is 5.41 Å². The monoisotopic (exact) mass is 713 g/mol. The van der Waals surface area contributed by atoms with Crippen LogP contribution in [0.25, 0.3) is 92.8 Å². The fourth-order valence-electron chi connectivity index (χ4n) is 10.5. The van der Waals surface area contributed by atoms with Crippen molar-refractivity contribution in [3.05, 3.63) is 199 Å². The number of rotatable bonds is 3. The van der Waals surface area contributed by atoms with Crippen molar-refractivity contribution >= 4 is 64.9 Å². The molecule has 264 valence electrons. The normalized spacial score (nSPS) is 15.8. The predicted molar refractivity (Wildman–Crippen MR) is 239 cm³/mol. The zero-order valence-corrected chi connectivity index (χ0v) is 31.6. The summed E-state index contributed by atoms with van der Waals surface area (Å²) in [5.74, 6) is 0.354. The van der Waals surface area contributed by atoms with Gasteiger partial charge >= 0.3 is 0 Å². The predicted octanol–water partition coefficient (Wildman–Crippen LogP) is 15.0. The van der Waals surface area contributed by atoms with E-state index < -0.39 is 0 Å². The van der Waals surface area contributed by atoms with Gasteiger partial charge in [-0.2, -0.15) is 0 Å². The average molecular weight is 714 g/mol. The van der Waals surface area contributed by atoms with Crippen molar-refractivity contribution in [2.24, 2.45) is 0 Å². The number of fused-ring (bicyclic) bond motifs is 14. The van der Waals surface area contributed by atoms with Crippen LogP contribution in [0.2, 0.25) is 0 Å². The molecule has 1 unspecified atom stereocenters. The van der Waals surface area contributed by atoms with E-state index in [0.29, 0.717) is 5.92 Å². The molecule has 0 saturated heterocycles. The molecule has 0 bridgehead atoms. The highest BCUT2D eigenvalue weighted by Crippen LogP contribution is 2.52. The van der Waals surface area contributed by atoms with Crippen LogP contribution < -0.4 is 0 Å². The van der Waals surface area contributed by atoms with E-state index in [4.69, 9.17) is 0 Å². The number of hydrogen-bond donors (Lipinski definition) is 0. The lowest BCUT2D eigenvalue weighted by atomic mass is 9.81. The van der Waals surface area contributed by atoms with Crippen molar-refractivity contribution in [1.29, 1.82) is 0 Å². The van der Waals surface area contributed by atoms with Crippen molar-refractivity contribution < 1.29 is 0 Å². The fraction of sp³-hybridized carbons (Fsp3) is 0.0909. The summed E-state index contributed by atoms with van der Waals surface area (Å²) in [7, 11) is 0. The molecule has 0 aliphatic heterocycles. The Morgan fingerprint density at radius 2 is 1.18 bits per heavy atom.